The fourth-order valence-electron chi connectivity index (χ4n) is 2.98. The Kier molecular flexibility index (Phi) is 4.43. The van der Waals surface area contributed by atoms with Crippen molar-refractivity contribution in [3.8, 4) is 11.5 Å². The molecule has 0 saturated carbocycles. The second-order valence-electron chi connectivity index (χ2n) is 5.62. The van der Waals surface area contributed by atoms with Gasteiger partial charge in [0.2, 0.25) is 0 Å². The van der Waals surface area contributed by atoms with Crippen molar-refractivity contribution in [3.63, 3.8) is 0 Å². The van der Waals surface area contributed by atoms with E-state index in [1.54, 1.807) is 7.11 Å². The lowest BCUT2D eigenvalue weighted by molar-refractivity contribution is 0.0755. The van der Waals surface area contributed by atoms with Gasteiger partial charge in [-0.05, 0) is 30.9 Å². The summed E-state index contributed by atoms with van der Waals surface area (Å²) in [6, 6.07) is 6.74. The van der Waals surface area contributed by atoms with Crippen LogP contribution in [0.4, 0.5) is 0 Å². The van der Waals surface area contributed by atoms with Gasteiger partial charge in [0.1, 0.15) is 0 Å². The van der Waals surface area contributed by atoms with Crippen molar-refractivity contribution in [2.24, 2.45) is 5.92 Å². The van der Waals surface area contributed by atoms with E-state index in [1.165, 1.54) is 5.56 Å². The van der Waals surface area contributed by atoms with E-state index in [4.69, 9.17) is 14.2 Å². The minimum Gasteiger partial charge on any atom is -0.493 e. The minimum atomic E-state index is 0.539. The van der Waals surface area contributed by atoms with Crippen LogP contribution >= 0.6 is 0 Å². The van der Waals surface area contributed by atoms with Gasteiger partial charge in [0.25, 0.3) is 0 Å². The third-order valence-corrected chi connectivity index (χ3v) is 4.17. The lowest BCUT2D eigenvalue weighted by atomic mass is 9.95. The van der Waals surface area contributed by atoms with Crippen LogP contribution in [0.5, 0.6) is 11.5 Å². The Labute approximate surface area is 120 Å². The lowest BCUT2D eigenvalue weighted by Crippen LogP contribution is -2.40. The van der Waals surface area contributed by atoms with Gasteiger partial charge in [0, 0.05) is 31.7 Å². The van der Waals surface area contributed by atoms with Gasteiger partial charge in [0.15, 0.2) is 11.5 Å². The van der Waals surface area contributed by atoms with Crippen LogP contribution in [-0.2, 0) is 11.2 Å². The zero-order valence-corrected chi connectivity index (χ0v) is 12.1. The molecule has 0 aromatic heterocycles. The number of benzene rings is 1. The molecule has 1 aromatic carbocycles. The molecule has 1 N–H and O–H groups in total. The third kappa shape index (κ3) is 3.07. The smallest absolute Gasteiger partial charge is 0.164 e. The molecule has 1 atom stereocenters. The second kappa shape index (κ2) is 6.46. The number of fused-ring (bicyclic) bond motifs is 1. The molecule has 0 radical (unpaired) electrons. The van der Waals surface area contributed by atoms with Gasteiger partial charge < -0.3 is 19.5 Å². The van der Waals surface area contributed by atoms with E-state index in [0.717, 1.165) is 57.1 Å². The molecule has 20 heavy (non-hydrogen) atoms. The molecule has 0 unspecified atom stereocenters. The van der Waals surface area contributed by atoms with Gasteiger partial charge in [-0.25, -0.2) is 0 Å². The van der Waals surface area contributed by atoms with Crippen LogP contribution in [0.25, 0.3) is 0 Å². The summed E-state index contributed by atoms with van der Waals surface area (Å²) in [5.74, 6) is 2.31. The van der Waals surface area contributed by atoms with Crippen molar-refractivity contribution in [3.05, 3.63) is 23.8 Å². The predicted molar refractivity (Wildman–Crippen MR) is 77.5 cm³/mol. The van der Waals surface area contributed by atoms with Crippen LogP contribution in [0.1, 0.15) is 18.4 Å². The van der Waals surface area contributed by atoms with Crippen molar-refractivity contribution in [1.82, 2.24) is 5.32 Å². The second-order valence-corrected chi connectivity index (χ2v) is 5.62. The number of methoxy groups -OCH3 is 1. The van der Waals surface area contributed by atoms with E-state index in [1.807, 2.05) is 12.1 Å². The molecule has 1 fully saturated rings. The van der Waals surface area contributed by atoms with Gasteiger partial charge in [0.05, 0.1) is 13.7 Å². The largest absolute Gasteiger partial charge is 0.493 e. The molecule has 3 rings (SSSR count). The standard InChI is InChI=1S/C16H23NO3/c1-18-15-4-2-3-13-9-12(11-20-16(13)15)10-17-14-5-7-19-8-6-14/h2-4,12,14,17H,5-11H2,1H3/t12-/m1/s1. The zero-order valence-electron chi connectivity index (χ0n) is 12.1. The summed E-state index contributed by atoms with van der Waals surface area (Å²) in [5, 5.41) is 3.66. The Balaban J connectivity index is 1.55. The third-order valence-electron chi connectivity index (χ3n) is 4.17. The van der Waals surface area contributed by atoms with Crippen molar-refractivity contribution in [1.29, 1.82) is 0 Å². The highest BCUT2D eigenvalue weighted by Gasteiger charge is 2.23. The zero-order chi connectivity index (χ0) is 13.8. The number of nitrogens with one attached hydrogen (secondary N) is 1. The first-order valence-corrected chi connectivity index (χ1v) is 7.46. The van der Waals surface area contributed by atoms with E-state index in [-0.39, 0.29) is 0 Å². The summed E-state index contributed by atoms with van der Waals surface area (Å²) < 4.78 is 16.6. The Morgan fingerprint density at radius 1 is 1.30 bits per heavy atom. The summed E-state index contributed by atoms with van der Waals surface area (Å²) in [6.45, 7) is 3.56. The van der Waals surface area contributed by atoms with E-state index in [0.29, 0.717) is 12.0 Å². The first kappa shape index (κ1) is 13.7. The maximum atomic E-state index is 5.91. The Morgan fingerprint density at radius 2 is 2.15 bits per heavy atom. The van der Waals surface area contributed by atoms with Crippen LogP contribution in [0.2, 0.25) is 0 Å². The number of para-hydroxylation sites is 1. The average molecular weight is 277 g/mol. The van der Waals surface area contributed by atoms with Crippen molar-refractivity contribution in [2.45, 2.75) is 25.3 Å². The molecular weight excluding hydrogens is 254 g/mol. The van der Waals surface area contributed by atoms with E-state index < -0.39 is 0 Å². The highest BCUT2D eigenvalue weighted by molar-refractivity contribution is 5.47. The Bertz CT molecular complexity index is 443. The molecule has 0 spiro atoms. The van der Waals surface area contributed by atoms with Crippen molar-refractivity contribution < 1.29 is 14.2 Å². The molecule has 0 amide bonds. The van der Waals surface area contributed by atoms with Gasteiger partial charge in [-0.3, -0.25) is 0 Å². The van der Waals surface area contributed by atoms with Gasteiger partial charge in [-0.15, -0.1) is 0 Å². The molecular formula is C16H23NO3. The maximum Gasteiger partial charge on any atom is 0.164 e. The molecule has 2 aliphatic heterocycles. The Hall–Kier alpha value is -1.26. The highest BCUT2D eigenvalue weighted by Crippen LogP contribution is 2.35. The maximum absolute atomic E-state index is 5.91. The predicted octanol–water partition coefficient (Wildman–Crippen LogP) is 2.01. The first-order chi connectivity index (χ1) is 9.86. The molecule has 1 aromatic rings. The van der Waals surface area contributed by atoms with Crippen LogP contribution in [-0.4, -0.2) is 39.5 Å². The van der Waals surface area contributed by atoms with Crippen LogP contribution in [0, 0.1) is 5.92 Å². The topological polar surface area (TPSA) is 39.7 Å². The fraction of sp³-hybridized carbons (Fsp3) is 0.625. The lowest BCUT2D eigenvalue weighted by Gasteiger charge is -2.29. The van der Waals surface area contributed by atoms with Crippen molar-refractivity contribution in [2.75, 3.05) is 33.5 Å². The molecule has 110 valence electrons. The van der Waals surface area contributed by atoms with Crippen LogP contribution < -0.4 is 14.8 Å². The summed E-state index contributed by atoms with van der Waals surface area (Å²) >= 11 is 0. The Morgan fingerprint density at radius 3 is 2.95 bits per heavy atom. The molecule has 1 saturated heterocycles. The van der Waals surface area contributed by atoms with E-state index in [9.17, 15) is 0 Å². The minimum absolute atomic E-state index is 0.539. The molecule has 0 aliphatic carbocycles. The molecule has 2 aliphatic rings. The molecule has 4 heteroatoms. The van der Waals surface area contributed by atoms with Gasteiger partial charge in [-0.1, -0.05) is 12.1 Å². The number of hydrogen-bond acceptors (Lipinski definition) is 4. The monoisotopic (exact) mass is 277 g/mol. The quantitative estimate of drug-likeness (QED) is 0.914. The summed E-state index contributed by atoms with van der Waals surface area (Å²) in [4.78, 5) is 0. The molecule has 4 nitrogen and oxygen atoms in total. The molecule has 2 heterocycles. The normalized spacial score (nSPS) is 22.9. The fourth-order valence-corrected chi connectivity index (χ4v) is 2.98. The summed E-state index contributed by atoms with van der Waals surface area (Å²) in [6.07, 6.45) is 3.30. The van der Waals surface area contributed by atoms with Crippen LogP contribution in [0.15, 0.2) is 18.2 Å². The number of rotatable bonds is 4. The van der Waals surface area contributed by atoms with Gasteiger partial charge >= 0.3 is 0 Å². The van der Waals surface area contributed by atoms with E-state index >= 15 is 0 Å². The summed E-state index contributed by atoms with van der Waals surface area (Å²) in [7, 11) is 1.69. The highest BCUT2D eigenvalue weighted by atomic mass is 16.5. The molecule has 0 bridgehead atoms. The van der Waals surface area contributed by atoms with Crippen LogP contribution in [0.3, 0.4) is 0 Å². The van der Waals surface area contributed by atoms with Crippen molar-refractivity contribution >= 4 is 0 Å². The van der Waals surface area contributed by atoms with E-state index in [2.05, 4.69) is 11.4 Å². The number of hydrogen-bond donors (Lipinski definition) is 1. The first-order valence-electron chi connectivity index (χ1n) is 7.46. The average Bonchev–Trinajstić information content (AvgIpc) is 2.53. The van der Waals surface area contributed by atoms with Gasteiger partial charge in [-0.2, -0.15) is 0 Å². The SMILES string of the molecule is COc1cccc2c1OC[C@@H](CNC1CCOCC1)C2. The summed E-state index contributed by atoms with van der Waals surface area (Å²) in [5.41, 5.74) is 1.26. The number of ether oxygens (including phenoxy) is 3.